The number of benzene rings is 2. The summed E-state index contributed by atoms with van der Waals surface area (Å²) < 4.78 is 23.5. The summed E-state index contributed by atoms with van der Waals surface area (Å²) >= 11 is 0. The average molecular weight is 304 g/mol. The second kappa shape index (κ2) is 5.66. The van der Waals surface area contributed by atoms with Crippen molar-refractivity contribution < 1.29 is 8.42 Å². The minimum absolute atomic E-state index is 0.236. The molecule has 1 heterocycles. The Kier molecular flexibility index (Phi) is 3.87. The van der Waals surface area contributed by atoms with Crippen molar-refractivity contribution in [1.29, 1.82) is 0 Å². The first-order valence-electron chi connectivity index (χ1n) is 7.27. The minimum atomic E-state index is -2.89. The molecule has 0 saturated carbocycles. The van der Waals surface area contributed by atoms with Crippen molar-refractivity contribution >= 4 is 26.3 Å². The van der Waals surface area contributed by atoms with Crippen LogP contribution in [0.3, 0.4) is 0 Å². The highest BCUT2D eigenvalue weighted by molar-refractivity contribution is 7.91. The van der Waals surface area contributed by atoms with E-state index in [1.165, 1.54) is 0 Å². The van der Waals surface area contributed by atoms with Gasteiger partial charge in [0.25, 0.3) is 0 Å². The van der Waals surface area contributed by atoms with Crippen molar-refractivity contribution in [3.63, 3.8) is 0 Å². The summed E-state index contributed by atoms with van der Waals surface area (Å²) in [5.41, 5.74) is 8.05. The Labute approximate surface area is 125 Å². The zero-order chi connectivity index (χ0) is 14.9. The Bertz CT molecular complexity index is 756. The van der Waals surface area contributed by atoms with E-state index in [1.54, 1.807) is 0 Å². The number of hydrogen-bond donors (Lipinski definition) is 1. The molecule has 2 aromatic carbocycles. The number of rotatable bonds is 2. The van der Waals surface area contributed by atoms with Crippen LogP contribution in [0.2, 0.25) is 0 Å². The zero-order valence-electron chi connectivity index (χ0n) is 12.0. The molecule has 1 saturated heterocycles. The summed E-state index contributed by atoms with van der Waals surface area (Å²) in [7, 11) is -2.89. The smallest absolute Gasteiger partial charge is 0.152 e. The monoisotopic (exact) mass is 304 g/mol. The van der Waals surface area contributed by atoms with Gasteiger partial charge in [-0.1, -0.05) is 30.3 Å². The quantitative estimate of drug-likeness (QED) is 0.921. The maximum atomic E-state index is 11.8. The van der Waals surface area contributed by atoms with E-state index in [2.05, 4.69) is 29.2 Å². The van der Waals surface area contributed by atoms with Crippen LogP contribution in [0, 0.1) is 0 Å². The Balaban J connectivity index is 2.05. The molecular formula is C16H20N2O2S. The van der Waals surface area contributed by atoms with Crippen molar-refractivity contribution in [2.75, 3.05) is 29.5 Å². The molecule has 3 rings (SSSR count). The number of hydrogen-bond acceptors (Lipinski definition) is 4. The molecule has 21 heavy (non-hydrogen) atoms. The number of nitrogens with two attached hydrogens (primary N) is 1. The Hall–Kier alpha value is -1.59. The molecule has 2 aromatic rings. The third-order valence-corrected chi connectivity index (χ3v) is 5.82. The van der Waals surface area contributed by atoms with E-state index in [-0.39, 0.29) is 5.75 Å². The van der Waals surface area contributed by atoms with Gasteiger partial charge >= 0.3 is 0 Å². The van der Waals surface area contributed by atoms with Gasteiger partial charge in [0.2, 0.25) is 0 Å². The second-order valence-electron chi connectivity index (χ2n) is 5.49. The predicted octanol–water partition coefficient (Wildman–Crippen LogP) is 1.92. The van der Waals surface area contributed by atoms with Crippen LogP contribution in [0.25, 0.3) is 10.8 Å². The van der Waals surface area contributed by atoms with Gasteiger partial charge < -0.3 is 10.6 Å². The minimum Gasteiger partial charge on any atom is -0.370 e. The van der Waals surface area contributed by atoms with E-state index in [0.717, 1.165) is 28.6 Å². The van der Waals surface area contributed by atoms with E-state index in [4.69, 9.17) is 5.73 Å². The summed E-state index contributed by atoms with van der Waals surface area (Å²) in [5.74, 6) is 0.530. The first kappa shape index (κ1) is 14.4. The summed E-state index contributed by atoms with van der Waals surface area (Å²) in [4.78, 5) is 2.19. The molecule has 1 aliphatic heterocycles. The number of nitrogens with zero attached hydrogens (tertiary/aromatic N) is 1. The molecule has 0 amide bonds. The largest absolute Gasteiger partial charge is 0.370 e. The van der Waals surface area contributed by atoms with Gasteiger partial charge in [0.1, 0.15) is 0 Å². The number of anilines is 1. The topological polar surface area (TPSA) is 63.4 Å². The lowest BCUT2D eigenvalue weighted by Gasteiger charge is -2.24. The summed E-state index contributed by atoms with van der Waals surface area (Å²) in [6.07, 6.45) is 0.690. The van der Waals surface area contributed by atoms with Crippen LogP contribution in [0.4, 0.5) is 5.69 Å². The van der Waals surface area contributed by atoms with Gasteiger partial charge in [-0.15, -0.1) is 0 Å². The SMILES string of the molecule is NCc1ccc(N2CCCS(=O)(=O)CC2)c2ccccc12. The molecule has 0 bridgehead atoms. The molecule has 0 unspecified atom stereocenters. The Morgan fingerprint density at radius 1 is 1.00 bits per heavy atom. The van der Waals surface area contributed by atoms with Gasteiger partial charge in [-0.3, -0.25) is 0 Å². The van der Waals surface area contributed by atoms with Gasteiger partial charge in [-0.05, 0) is 23.4 Å². The van der Waals surface area contributed by atoms with Crippen molar-refractivity contribution in [2.24, 2.45) is 5.73 Å². The maximum Gasteiger partial charge on any atom is 0.152 e. The normalized spacial score (nSPS) is 18.6. The van der Waals surface area contributed by atoms with Crippen LogP contribution in [-0.2, 0) is 16.4 Å². The van der Waals surface area contributed by atoms with Crippen LogP contribution >= 0.6 is 0 Å². The molecule has 0 atom stereocenters. The molecule has 112 valence electrons. The van der Waals surface area contributed by atoms with Gasteiger partial charge in [0, 0.05) is 30.7 Å². The highest BCUT2D eigenvalue weighted by atomic mass is 32.2. The van der Waals surface area contributed by atoms with Crippen molar-refractivity contribution in [3.8, 4) is 0 Å². The van der Waals surface area contributed by atoms with Gasteiger partial charge in [-0.25, -0.2) is 8.42 Å². The van der Waals surface area contributed by atoms with E-state index in [1.807, 2.05) is 12.1 Å². The zero-order valence-corrected chi connectivity index (χ0v) is 12.8. The number of fused-ring (bicyclic) bond motifs is 1. The summed E-state index contributed by atoms with van der Waals surface area (Å²) in [6.45, 7) is 1.86. The fraction of sp³-hybridized carbons (Fsp3) is 0.375. The predicted molar refractivity (Wildman–Crippen MR) is 87.3 cm³/mol. The fourth-order valence-electron chi connectivity index (χ4n) is 2.98. The lowest BCUT2D eigenvalue weighted by atomic mass is 10.0. The Morgan fingerprint density at radius 3 is 2.52 bits per heavy atom. The molecule has 0 spiro atoms. The van der Waals surface area contributed by atoms with Gasteiger partial charge in [-0.2, -0.15) is 0 Å². The fourth-order valence-corrected chi connectivity index (χ4v) is 4.25. The van der Waals surface area contributed by atoms with Crippen molar-refractivity contribution in [2.45, 2.75) is 13.0 Å². The molecule has 4 nitrogen and oxygen atoms in total. The molecule has 0 radical (unpaired) electrons. The highest BCUT2D eigenvalue weighted by Crippen LogP contribution is 2.30. The van der Waals surface area contributed by atoms with Crippen LogP contribution in [0.15, 0.2) is 36.4 Å². The molecule has 0 aliphatic carbocycles. The van der Waals surface area contributed by atoms with Gasteiger partial charge in [0.15, 0.2) is 9.84 Å². The first-order valence-corrected chi connectivity index (χ1v) is 9.09. The maximum absolute atomic E-state index is 11.8. The molecule has 1 fully saturated rings. The first-order chi connectivity index (χ1) is 10.1. The molecule has 5 heteroatoms. The van der Waals surface area contributed by atoms with E-state index in [9.17, 15) is 8.42 Å². The molecule has 2 N–H and O–H groups in total. The van der Waals surface area contributed by atoms with Crippen molar-refractivity contribution in [3.05, 3.63) is 42.0 Å². The average Bonchev–Trinajstić information content (AvgIpc) is 2.67. The third-order valence-electron chi connectivity index (χ3n) is 4.11. The molecular weight excluding hydrogens is 284 g/mol. The lowest BCUT2D eigenvalue weighted by Crippen LogP contribution is -2.27. The van der Waals surface area contributed by atoms with Crippen LogP contribution in [0.1, 0.15) is 12.0 Å². The van der Waals surface area contributed by atoms with Crippen LogP contribution < -0.4 is 10.6 Å². The van der Waals surface area contributed by atoms with E-state index < -0.39 is 9.84 Å². The standard InChI is InChI=1S/C16H20N2O2S/c17-12-13-6-7-16(15-5-2-1-4-14(13)15)18-8-3-10-21(19,20)11-9-18/h1-2,4-7H,3,8-12,17H2. The highest BCUT2D eigenvalue weighted by Gasteiger charge is 2.20. The summed E-state index contributed by atoms with van der Waals surface area (Å²) in [5, 5.41) is 2.31. The van der Waals surface area contributed by atoms with Crippen molar-refractivity contribution in [1.82, 2.24) is 0 Å². The third kappa shape index (κ3) is 2.89. The lowest BCUT2D eigenvalue weighted by molar-refractivity contribution is 0.597. The van der Waals surface area contributed by atoms with E-state index in [0.29, 0.717) is 25.3 Å². The molecule has 0 aromatic heterocycles. The summed E-state index contributed by atoms with van der Waals surface area (Å²) in [6, 6.07) is 12.3. The van der Waals surface area contributed by atoms with Crippen LogP contribution in [0.5, 0.6) is 0 Å². The second-order valence-corrected chi connectivity index (χ2v) is 7.79. The molecule has 1 aliphatic rings. The van der Waals surface area contributed by atoms with Gasteiger partial charge in [0.05, 0.1) is 11.5 Å². The number of sulfone groups is 1. The van der Waals surface area contributed by atoms with Crippen LogP contribution in [-0.4, -0.2) is 33.0 Å². The Morgan fingerprint density at radius 2 is 1.76 bits per heavy atom. The van der Waals surface area contributed by atoms with E-state index >= 15 is 0 Å².